The highest BCUT2D eigenvalue weighted by atomic mass is 16.6. The highest BCUT2D eigenvalue weighted by molar-refractivity contribution is 5.96. The molecule has 1 saturated heterocycles. The van der Waals surface area contributed by atoms with Crippen LogP contribution in [-0.4, -0.2) is 35.9 Å². The Morgan fingerprint density at radius 2 is 1.81 bits per heavy atom. The standard InChI is InChI=1S/C23H28N4O4/c1-3-16(2)25-23(29)18-8-6-7-17(13-18)15-24-22(28)19-9-10-20(21(14-19)27(30)31)26-11-4-5-12-26/h6-10,13-14,16H,3-5,11-12,15H2,1-2H3,(H,24,28)(H,25,29). The molecule has 1 heterocycles. The average Bonchev–Trinajstić information content (AvgIpc) is 3.31. The number of nitrogens with zero attached hydrogens (tertiary/aromatic N) is 2. The predicted molar refractivity (Wildman–Crippen MR) is 119 cm³/mol. The van der Waals surface area contributed by atoms with Crippen molar-refractivity contribution >= 4 is 23.2 Å². The molecule has 1 fully saturated rings. The Morgan fingerprint density at radius 1 is 1.10 bits per heavy atom. The van der Waals surface area contributed by atoms with Gasteiger partial charge in [0.15, 0.2) is 0 Å². The van der Waals surface area contributed by atoms with Gasteiger partial charge in [-0.1, -0.05) is 19.1 Å². The molecule has 0 aromatic heterocycles. The van der Waals surface area contributed by atoms with Gasteiger partial charge < -0.3 is 15.5 Å². The van der Waals surface area contributed by atoms with Gasteiger partial charge in [-0.3, -0.25) is 19.7 Å². The maximum absolute atomic E-state index is 12.6. The van der Waals surface area contributed by atoms with Crippen molar-refractivity contribution in [3.63, 3.8) is 0 Å². The molecule has 2 N–H and O–H groups in total. The summed E-state index contributed by atoms with van der Waals surface area (Å²) in [5, 5.41) is 17.2. The molecule has 8 heteroatoms. The summed E-state index contributed by atoms with van der Waals surface area (Å²) in [5.74, 6) is -0.554. The highest BCUT2D eigenvalue weighted by Gasteiger charge is 2.23. The molecule has 0 bridgehead atoms. The molecule has 3 rings (SSSR count). The van der Waals surface area contributed by atoms with Crippen LogP contribution in [-0.2, 0) is 6.54 Å². The van der Waals surface area contributed by atoms with E-state index in [1.807, 2.05) is 24.8 Å². The fourth-order valence-corrected chi connectivity index (χ4v) is 3.55. The third-order valence-corrected chi connectivity index (χ3v) is 5.51. The van der Waals surface area contributed by atoms with Gasteiger partial charge in [-0.2, -0.15) is 0 Å². The van der Waals surface area contributed by atoms with Crippen LogP contribution in [0, 0.1) is 10.1 Å². The lowest BCUT2D eigenvalue weighted by atomic mass is 10.1. The van der Waals surface area contributed by atoms with Gasteiger partial charge in [0.1, 0.15) is 5.69 Å². The Balaban J connectivity index is 1.68. The summed E-state index contributed by atoms with van der Waals surface area (Å²) >= 11 is 0. The van der Waals surface area contributed by atoms with Crippen molar-refractivity contribution < 1.29 is 14.5 Å². The summed E-state index contributed by atoms with van der Waals surface area (Å²) < 4.78 is 0. The van der Waals surface area contributed by atoms with E-state index < -0.39 is 10.8 Å². The number of hydrogen-bond acceptors (Lipinski definition) is 5. The quantitative estimate of drug-likeness (QED) is 0.497. The van der Waals surface area contributed by atoms with E-state index in [0.717, 1.165) is 37.9 Å². The molecule has 2 aromatic carbocycles. The molecular formula is C23H28N4O4. The van der Waals surface area contributed by atoms with E-state index in [4.69, 9.17) is 0 Å². The van der Waals surface area contributed by atoms with E-state index in [2.05, 4.69) is 10.6 Å². The van der Waals surface area contributed by atoms with E-state index >= 15 is 0 Å². The summed E-state index contributed by atoms with van der Waals surface area (Å²) in [6.07, 6.45) is 2.85. The van der Waals surface area contributed by atoms with Crippen LogP contribution in [0.4, 0.5) is 11.4 Å². The molecule has 0 saturated carbocycles. The molecule has 1 unspecified atom stereocenters. The Hall–Kier alpha value is -3.42. The van der Waals surface area contributed by atoms with Crippen LogP contribution >= 0.6 is 0 Å². The first kappa shape index (κ1) is 22.3. The summed E-state index contributed by atoms with van der Waals surface area (Å²) in [5.41, 5.74) is 2.03. The van der Waals surface area contributed by atoms with Crippen molar-refractivity contribution in [3.05, 3.63) is 69.3 Å². The molecule has 164 valence electrons. The largest absolute Gasteiger partial charge is 0.366 e. The van der Waals surface area contributed by atoms with E-state index in [9.17, 15) is 19.7 Å². The number of nitro groups is 1. The lowest BCUT2D eigenvalue weighted by molar-refractivity contribution is -0.384. The van der Waals surface area contributed by atoms with Crippen LogP contribution in [0.5, 0.6) is 0 Å². The van der Waals surface area contributed by atoms with Gasteiger partial charge in [0.2, 0.25) is 0 Å². The van der Waals surface area contributed by atoms with Crippen LogP contribution < -0.4 is 15.5 Å². The number of nitrogens with one attached hydrogen (secondary N) is 2. The number of hydrogen-bond donors (Lipinski definition) is 2. The molecular weight excluding hydrogens is 396 g/mol. The topological polar surface area (TPSA) is 105 Å². The van der Waals surface area contributed by atoms with Gasteiger partial charge in [0.25, 0.3) is 17.5 Å². The third kappa shape index (κ3) is 5.59. The number of rotatable bonds is 8. The van der Waals surface area contributed by atoms with Crippen LogP contribution in [0.3, 0.4) is 0 Å². The molecule has 1 atom stereocenters. The van der Waals surface area contributed by atoms with E-state index in [1.54, 1.807) is 30.3 Å². The van der Waals surface area contributed by atoms with Crippen LogP contribution in [0.15, 0.2) is 42.5 Å². The normalized spacial score (nSPS) is 14.2. The Kier molecular flexibility index (Phi) is 7.23. The minimum absolute atomic E-state index is 0.0572. The summed E-state index contributed by atoms with van der Waals surface area (Å²) in [6.45, 7) is 5.72. The minimum atomic E-state index is -0.441. The van der Waals surface area contributed by atoms with Crippen molar-refractivity contribution in [1.29, 1.82) is 0 Å². The van der Waals surface area contributed by atoms with Crippen molar-refractivity contribution in [1.82, 2.24) is 10.6 Å². The lowest BCUT2D eigenvalue weighted by Gasteiger charge is -2.17. The number of anilines is 1. The highest BCUT2D eigenvalue weighted by Crippen LogP contribution is 2.31. The summed E-state index contributed by atoms with van der Waals surface area (Å²) in [7, 11) is 0. The Morgan fingerprint density at radius 3 is 2.48 bits per heavy atom. The smallest absolute Gasteiger partial charge is 0.293 e. The molecule has 1 aliphatic heterocycles. The Labute approximate surface area is 181 Å². The average molecular weight is 425 g/mol. The van der Waals surface area contributed by atoms with Crippen molar-refractivity contribution in [2.24, 2.45) is 0 Å². The van der Waals surface area contributed by atoms with Crippen molar-refractivity contribution in [2.75, 3.05) is 18.0 Å². The second kappa shape index (κ2) is 10.1. The summed E-state index contributed by atoms with van der Waals surface area (Å²) in [6, 6.07) is 11.7. The fraction of sp³-hybridized carbons (Fsp3) is 0.391. The number of nitro benzene ring substituents is 1. The van der Waals surface area contributed by atoms with Crippen molar-refractivity contribution in [3.8, 4) is 0 Å². The number of benzene rings is 2. The summed E-state index contributed by atoms with van der Waals surface area (Å²) in [4.78, 5) is 38.0. The van der Waals surface area contributed by atoms with Crippen LogP contribution in [0.1, 0.15) is 59.4 Å². The zero-order valence-electron chi connectivity index (χ0n) is 17.9. The first-order valence-corrected chi connectivity index (χ1v) is 10.6. The zero-order valence-corrected chi connectivity index (χ0v) is 17.9. The fourth-order valence-electron chi connectivity index (χ4n) is 3.55. The molecule has 8 nitrogen and oxygen atoms in total. The molecule has 0 radical (unpaired) electrons. The number of carbonyl (C=O) groups excluding carboxylic acids is 2. The first-order valence-electron chi connectivity index (χ1n) is 10.6. The Bertz CT molecular complexity index is 970. The van der Waals surface area contributed by atoms with Gasteiger partial charge in [0, 0.05) is 42.9 Å². The maximum Gasteiger partial charge on any atom is 0.293 e. The van der Waals surface area contributed by atoms with Gasteiger partial charge >= 0.3 is 0 Å². The van der Waals surface area contributed by atoms with E-state index in [-0.39, 0.29) is 29.7 Å². The van der Waals surface area contributed by atoms with Crippen molar-refractivity contribution in [2.45, 2.75) is 45.7 Å². The van der Waals surface area contributed by atoms with Gasteiger partial charge in [0.05, 0.1) is 4.92 Å². The first-order chi connectivity index (χ1) is 14.9. The molecule has 1 aliphatic rings. The van der Waals surface area contributed by atoms with Gasteiger partial charge in [-0.15, -0.1) is 0 Å². The van der Waals surface area contributed by atoms with Gasteiger partial charge in [-0.05, 0) is 56.0 Å². The van der Waals surface area contributed by atoms with E-state index in [0.29, 0.717) is 11.3 Å². The molecule has 31 heavy (non-hydrogen) atoms. The van der Waals surface area contributed by atoms with E-state index in [1.165, 1.54) is 6.07 Å². The number of carbonyl (C=O) groups is 2. The third-order valence-electron chi connectivity index (χ3n) is 5.51. The predicted octanol–water partition coefficient (Wildman–Crippen LogP) is 3.65. The number of amides is 2. The zero-order chi connectivity index (χ0) is 22.4. The maximum atomic E-state index is 12.6. The second-order valence-electron chi connectivity index (χ2n) is 7.82. The van der Waals surface area contributed by atoms with Crippen LogP contribution in [0.25, 0.3) is 0 Å². The van der Waals surface area contributed by atoms with Crippen LogP contribution in [0.2, 0.25) is 0 Å². The molecule has 0 aliphatic carbocycles. The minimum Gasteiger partial charge on any atom is -0.366 e. The lowest BCUT2D eigenvalue weighted by Crippen LogP contribution is -2.32. The molecule has 0 spiro atoms. The monoisotopic (exact) mass is 424 g/mol. The SMILES string of the molecule is CCC(C)NC(=O)c1cccc(CNC(=O)c2ccc(N3CCCC3)c([N+](=O)[O-])c2)c1. The molecule has 2 aromatic rings. The molecule has 2 amide bonds. The second-order valence-corrected chi connectivity index (χ2v) is 7.82. The van der Waals surface area contributed by atoms with Gasteiger partial charge in [-0.25, -0.2) is 0 Å².